The third-order valence-corrected chi connectivity index (χ3v) is 5.03. The van der Waals surface area contributed by atoms with Crippen LogP contribution in [0.4, 0.5) is 5.95 Å². The van der Waals surface area contributed by atoms with Crippen LogP contribution < -0.4 is 4.90 Å². The zero-order chi connectivity index (χ0) is 15.2. The molecule has 2 aliphatic rings. The average molecular weight is 288 g/mol. The van der Waals surface area contributed by atoms with Crippen molar-refractivity contribution in [3.05, 3.63) is 18.0 Å². The largest absolute Gasteiger partial charge is 0.340 e. The number of fused-ring (bicyclic) bond motifs is 1. The number of rotatable bonds is 2. The highest BCUT2D eigenvalue weighted by atomic mass is 15.3. The molecule has 2 atom stereocenters. The SMILES string of the molecule is CC(C)N1CC2CN(c3ncc(C(C)(C)C)cn3)CC2C1. The van der Waals surface area contributed by atoms with Crippen molar-refractivity contribution in [1.29, 1.82) is 0 Å². The van der Waals surface area contributed by atoms with Crippen molar-refractivity contribution in [1.82, 2.24) is 14.9 Å². The predicted octanol–water partition coefficient (Wildman–Crippen LogP) is 2.55. The summed E-state index contributed by atoms with van der Waals surface area (Å²) >= 11 is 0. The molecule has 3 heterocycles. The summed E-state index contributed by atoms with van der Waals surface area (Å²) in [5.74, 6) is 2.49. The van der Waals surface area contributed by atoms with Gasteiger partial charge in [0.1, 0.15) is 0 Å². The highest BCUT2D eigenvalue weighted by Crippen LogP contribution is 2.33. The Morgan fingerprint density at radius 1 is 1.00 bits per heavy atom. The number of anilines is 1. The standard InChI is InChI=1S/C17H28N4/c1-12(2)20-8-13-10-21(11-14(13)9-20)16-18-6-15(7-19-16)17(3,4)5/h6-7,12-14H,8-11H2,1-5H3. The van der Waals surface area contributed by atoms with Gasteiger partial charge >= 0.3 is 0 Å². The summed E-state index contributed by atoms with van der Waals surface area (Å²) in [5.41, 5.74) is 1.33. The van der Waals surface area contributed by atoms with Crippen LogP contribution in [0.2, 0.25) is 0 Å². The molecule has 1 aromatic heterocycles. The molecule has 2 fully saturated rings. The van der Waals surface area contributed by atoms with Crippen molar-refractivity contribution in [2.24, 2.45) is 11.8 Å². The molecule has 116 valence electrons. The number of nitrogens with zero attached hydrogens (tertiary/aromatic N) is 4. The number of hydrogen-bond acceptors (Lipinski definition) is 4. The fourth-order valence-electron chi connectivity index (χ4n) is 3.49. The molecular weight excluding hydrogens is 260 g/mol. The topological polar surface area (TPSA) is 32.3 Å². The summed E-state index contributed by atoms with van der Waals surface area (Å²) in [4.78, 5) is 14.2. The second kappa shape index (κ2) is 5.24. The van der Waals surface area contributed by atoms with Crippen LogP contribution in [0.3, 0.4) is 0 Å². The molecule has 0 N–H and O–H groups in total. The molecular formula is C17H28N4. The number of likely N-dealkylation sites (tertiary alicyclic amines) is 1. The Morgan fingerprint density at radius 3 is 1.95 bits per heavy atom. The quantitative estimate of drug-likeness (QED) is 0.837. The van der Waals surface area contributed by atoms with E-state index < -0.39 is 0 Å². The second-order valence-corrected chi connectivity index (χ2v) is 7.99. The zero-order valence-electron chi connectivity index (χ0n) is 14.0. The molecule has 0 saturated carbocycles. The normalized spacial score (nSPS) is 26.7. The van der Waals surface area contributed by atoms with E-state index in [0.717, 1.165) is 30.9 Å². The molecule has 0 radical (unpaired) electrons. The molecule has 0 spiro atoms. The van der Waals surface area contributed by atoms with Crippen molar-refractivity contribution in [3.8, 4) is 0 Å². The van der Waals surface area contributed by atoms with E-state index in [2.05, 4.69) is 54.4 Å². The Balaban J connectivity index is 1.66. The molecule has 21 heavy (non-hydrogen) atoms. The van der Waals surface area contributed by atoms with Gasteiger partial charge in [0.25, 0.3) is 0 Å². The highest BCUT2D eigenvalue weighted by Gasteiger charge is 2.41. The van der Waals surface area contributed by atoms with Gasteiger partial charge in [-0.15, -0.1) is 0 Å². The van der Waals surface area contributed by atoms with Gasteiger partial charge in [-0.3, -0.25) is 0 Å². The summed E-state index contributed by atoms with van der Waals surface area (Å²) in [6.07, 6.45) is 3.99. The Hall–Kier alpha value is -1.16. The van der Waals surface area contributed by atoms with E-state index in [1.807, 2.05) is 12.4 Å². The van der Waals surface area contributed by atoms with Gasteiger partial charge in [-0.1, -0.05) is 20.8 Å². The third kappa shape index (κ3) is 2.91. The van der Waals surface area contributed by atoms with Gasteiger partial charge in [0.05, 0.1) is 0 Å². The predicted molar refractivity (Wildman–Crippen MR) is 86.6 cm³/mol. The summed E-state index contributed by atoms with van der Waals surface area (Å²) in [5, 5.41) is 0. The van der Waals surface area contributed by atoms with Crippen LogP contribution in [0.1, 0.15) is 40.2 Å². The van der Waals surface area contributed by atoms with Crippen LogP contribution in [0.5, 0.6) is 0 Å². The molecule has 1 aromatic rings. The molecule has 3 rings (SSSR count). The van der Waals surface area contributed by atoms with Crippen LogP contribution in [0.15, 0.2) is 12.4 Å². The summed E-state index contributed by atoms with van der Waals surface area (Å²) < 4.78 is 0. The first-order chi connectivity index (χ1) is 9.84. The number of aromatic nitrogens is 2. The van der Waals surface area contributed by atoms with Crippen molar-refractivity contribution >= 4 is 5.95 Å². The van der Waals surface area contributed by atoms with Crippen LogP contribution in [-0.2, 0) is 5.41 Å². The Labute approximate surface area is 128 Å². The Morgan fingerprint density at radius 2 is 1.52 bits per heavy atom. The van der Waals surface area contributed by atoms with Gasteiger partial charge < -0.3 is 9.80 Å². The lowest BCUT2D eigenvalue weighted by molar-refractivity contribution is 0.258. The molecule has 0 amide bonds. The van der Waals surface area contributed by atoms with E-state index in [1.165, 1.54) is 18.7 Å². The van der Waals surface area contributed by atoms with E-state index in [4.69, 9.17) is 0 Å². The van der Waals surface area contributed by atoms with Gasteiger partial charge in [0.2, 0.25) is 5.95 Å². The van der Waals surface area contributed by atoms with E-state index >= 15 is 0 Å². The lowest BCUT2D eigenvalue weighted by Crippen LogP contribution is -2.33. The molecule has 4 heteroatoms. The van der Waals surface area contributed by atoms with Crippen molar-refractivity contribution in [2.45, 2.75) is 46.1 Å². The number of hydrogen-bond donors (Lipinski definition) is 0. The lowest BCUT2D eigenvalue weighted by atomic mass is 9.89. The van der Waals surface area contributed by atoms with Crippen LogP contribution >= 0.6 is 0 Å². The third-order valence-electron chi connectivity index (χ3n) is 5.03. The lowest BCUT2D eigenvalue weighted by Gasteiger charge is -2.24. The average Bonchev–Trinajstić information content (AvgIpc) is 2.95. The van der Waals surface area contributed by atoms with Crippen LogP contribution in [0, 0.1) is 11.8 Å². The van der Waals surface area contributed by atoms with Gasteiger partial charge in [0, 0.05) is 44.6 Å². The molecule has 2 saturated heterocycles. The summed E-state index contributed by atoms with van der Waals surface area (Å²) in [6, 6.07) is 0.673. The van der Waals surface area contributed by atoms with E-state index in [1.54, 1.807) is 0 Å². The minimum absolute atomic E-state index is 0.123. The Kier molecular flexibility index (Phi) is 3.68. The van der Waals surface area contributed by atoms with Gasteiger partial charge in [0.15, 0.2) is 0 Å². The monoisotopic (exact) mass is 288 g/mol. The fraction of sp³-hybridized carbons (Fsp3) is 0.765. The van der Waals surface area contributed by atoms with Crippen molar-refractivity contribution < 1.29 is 0 Å². The van der Waals surface area contributed by atoms with Crippen molar-refractivity contribution in [3.63, 3.8) is 0 Å². The fourth-order valence-corrected chi connectivity index (χ4v) is 3.49. The molecule has 4 nitrogen and oxygen atoms in total. The van der Waals surface area contributed by atoms with E-state index in [9.17, 15) is 0 Å². The van der Waals surface area contributed by atoms with Crippen LogP contribution in [-0.4, -0.2) is 47.1 Å². The Bertz CT molecular complexity index is 475. The minimum atomic E-state index is 0.123. The van der Waals surface area contributed by atoms with Gasteiger partial charge in [-0.25, -0.2) is 9.97 Å². The first-order valence-electron chi connectivity index (χ1n) is 8.16. The highest BCUT2D eigenvalue weighted by molar-refractivity contribution is 5.34. The maximum Gasteiger partial charge on any atom is 0.225 e. The van der Waals surface area contributed by atoms with Gasteiger partial charge in [-0.05, 0) is 36.7 Å². The summed E-state index contributed by atoms with van der Waals surface area (Å²) in [6.45, 7) is 15.9. The first kappa shape index (κ1) is 14.8. The molecule has 0 bridgehead atoms. The van der Waals surface area contributed by atoms with Crippen molar-refractivity contribution in [2.75, 3.05) is 31.1 Å². The molecule has 2 aliphatic heterocycles. The maximum atomic E-state index is 4.61. The maximum absolute atomic E-state index is 4.61. The molecule has 0 aromatic carbocycles. The minimum Gasteiger partial charge on any atom is -0.340 e. The van der Waals surface area contributed by atoms with Gasteiger partial charge in [-0.2, -0.15) is 0 Å². The van der Waals surface area contributed by atoms with Crippen LogP contribution in [0.25, 0.3) is 0 Å². The van der Waals surface area contributed by atoms with E-state index in [-0.39, 0.29) is 5.41 Å². The first-order valence-corrected chi connectivity index (χ1v) is 8.16. The second-order valence-electron chi connectivity index (χ2n) is 7.99. The summed E-state index contributed by atoms with van der Waals surface area (Å²) in [7, 11) is 0. The zero-order valence-corrected chi connectivity index (χ0v) is 14.0. The molecule has 2 unspecified atom stereocenters. The van der Waals surface area contributed by atoms with E-state index in [0.29, 0.717) is 6.04 Å². The smallest absolute Gasteiger partial charge is 0.225 e. The molecule has 0 aliphatic carbocycles.